The van der Waals surface area contributed by atoms with Gasteiger partial charge in [0, 0.05) is 22.9 Å². The summed E-state index contributed by atoms with van der Waals surface area (Å²) >= 11 is 0. The molecule has 3 nitrogen and oxygen atoms in total. The van der Waals surface area contributed by atoms with Crippen LogP contribution in [0.2, 0.25) is 0 Å². The average Bonchev–Trinajstić information content (AvgIpc) is 2.92. The van der Waals surface area contributed by atoms with Crippen molar-refractivity contribution in [2.45, 2.75) is 59.1 Å². The molecule has 2 aromatic rings. The number of ether oxygens (including phenoxy) is 1. The van der Waals surface area contributed by atoms with E-state index in [0.717, 1.165) is 36.5 Å². The van der Waals surface area contributed by atoms with Crippen LogP contribution < -0.4 is 10.1 Å². The lowest BCUT2D eigenvalue weighted by molar-refractivity contribution is 0.138. The van der Waals surface area contributed by atoms with E-state index in [2.05, 4.69) is 52.1 Å². The highest BCUT2D eigenvalue weighted by atomic mass is 16.5. The van der Waals surface area contributed by atoms with Crippen molar-refractivity contribution in [2.75, 3.05) is 6.54 Å². The molecule has 1 aromatic heterocycles. The minimum Gasteiger partial charge on any atom is -0.483 e. The van der Waals surface area contributed by atoms with Crippen LogP contribution in [0.3, 0.4) is 0 Å². The standard InChI is InChI=1S/C18H25NO2/c1-6-9-19-12(3)15-11(2)14-8-7-13-10-18(4,5)21-16(13)17(14)20-15/h7-8,12,19H,6,9-10H2,1-5H3. The van der Waals surface area contributed by atoms with Crippen LogP contribution in [0.1, 0.15) is 57.0 Å². The van der Waals surface area contributed by atoms with Crippen molar-refractivity contribution in [3.05, 3.63) is 29.0 Å². The number of hydrogen-bond acceptors (Lipinski definition) is 3. The van der Waals surface area contributed by atoms with Crippen molar-refractivity contribution >= 4 is 11.0 Å². The van der Waals surface area contributed by atoms with Crippen molar-refractivity contribution in [1.82, 2.24) is 5.32 Å². The molecule has 114 valence electrons. The van der Waals surface area contributed by atoms with Crippen LogP contribution in [0, 0.1) is 6.92 Å². The third kappa shape index (κ3) is 2.44. The molecule has 1 N–H and O–H groups in total. The smallest absolute Gasteiger partial charge is 0.176 e. The topological polar surface area (TPSA) is 34.4 Å². The summed E-state index contributed by atoms with van der Waals surface area (Å²) in [5.74, 6) is 1.97. The predicted molar refractivity (Wildman–Crippen MR) is 86.1 cm³/mol. The first kappa shape index (κ1) is 14.5. The van der Waals surface area contributed by atoms with Gasteiger partial charge in [0.15, 0.2) is 11.3 Å². The second-order valence-corrected chi connectivity index (χ2v) is 6.74. The summed E-state index contributed by atoms with van der Waals surface area (Å²) in [5.41, 5.74) is 3.25. The summed E-state index contributed by atoms with van der Waals surface area (Å²) < 4.78 is 12.3. The molecule has 0 amide bonds. The lowest BCUT2D eigenvalue weighted by Crippen LogP contribution is -2.24. The molecular weight excluding hydrogens is 262 g/mol. The molecule has 3 heteroatoms. The zero-order chi connectivity index (χ0) is 15.2. The average molecular weight is 287 g/mol. The van der Waals surface area contributed by atoms with Gasteiger partial charge in [0.25, 0.3) is 0 Å². The quantitative estimate of drug-likeness (QED) is 0.898. The SMILES string of the molecule is CCCNC(C)c1oc2c3c(ccc2c1C)CC(C)(C)O3. The number of benzene rings is 1. The molecule has 0 bridgehead atoms. The van der Waals surface area contributed by atoms with E-state index in [4.69, 9.17) is 9.15 Å². The molecule has 0 spiro atoms. The number of nitrogens with one attached hydrogen (secondary N) is 1. The largest absolute Gasteiger partial charge is 0.483 e. The minimum absolute atomic E-state index is 0.135. The third-order valence-corrected chi connectivity index (χ3v) is 4.27. The molecule has 1 aliphatic rings. The third-order valence-electron chi connectivity index (χ3n) is 4.27. The maximum absolute atomic E-state index is 6.21. The zero-order valence-electron chi connectivity index (χ0n) is 13.7. The van der Waals surface area contributed by atoms with Gasteiger partial charge in [-0.25, -0.2) is 0 Å². The molecule has 21 heavy (non-hydrogen) atoms. The summed E-state index contributed by atoms with van der Waals surface area (Å²) in [6, 6.07) is 4.58. The van der Waals surface area contributed by atoms with Crippen LogP contribution in [0.25, 0.3) is 11.0 Å². The highest BCUT2D eigenvalue weighted by Crippen LogP contribution is 2.43. The summed E-state index contributed by atoms with van der Waals surface area (Å²) in [6.07, 6.45) is 2.06. The van der Waals surface area contributed by atoms with Gasteiger partial charge in [-0.3, -0.25) is 0 Å². The molecule has 1 unspecified atom stereocenters. The molecule has 0 radical (unpaired) electrons. The molecule has 0 fully saturated rings. The summed E-state index contributed by atoms with van der Waals surface area (Å²) in [5, 5.41) is 4.67. The molecule has 1 atom stereocenters. The van der Waals surface area contributed by atoms with Crippen molar-refractivity contribution < 1.29 is 9.15 Å². The van der Waals surface area contributed by atoms with Crippen molar-refractivity contribution in [3.8, 4) is 5.75 Å². The van der Waals surface area contributed by atoms with E-state index >= 15 is 0 Å². The Morgan fingerprint density at radius 2 is 2.10 bits per heavy atom. The van der Waals surface area contributed by atoms with Crippen molar-refractivity contribution in [1.29, 1.82) is 0 Å². The van der Waals surface area contributed by atoms with Gasteiger partial charge in [0.1, 0.15) is 11.4 Å². The van der Waals surface area contributed by atoms with Gasteiger partial charge in [-0.05, 0) is 40.7 Å². The number of rotatable bonds is 4. The van der Waals surface area contributed by atoms with Crippen LogP contribution in [0.15, 0.2) is 16.5 Å². The van der Waals surface area contributed by atoms with Gasteiger partial charge in [0.05, 0.1) is 6.04 Å². The monoisotopic (exact) mass is 287 g/mol. The van der Waals surface area contributed by atoms with Crippen LogP contribution in [0.4, 0.5) is 0 Å². The van der Waals surface area contributed by atoms with Crippen LogP contribution in [-0.4, -0.2) is 12.1 Å². The van der Waals surface area contributed by atoms with Crippen LogP contribution >= 0.6 is 0 Å². The lowest BCUT2D eigenvalue weighted by atomic mass is 10.0. The van der Waals surface area contributed by atoms with Gasteiger partial charge in [-0.15, -0.1) is 0 Å². The van der Waals surface area contributed by atoms with Gasteiger partial charge in [-0.1, -0.05) is 19.1 Å². The van der Waals surface area contributed by atoms with Crippen molar-refractivity contribution in [3.63, 3.8) is 0 Å². The first-order chi connectivity index (χ1) is 9.93. The van der Waals surface area contributed by atoms with Gasteiger partial charge >= 0.3 is 0 Å². The Morgan fingerprint density at radius 3 is 2.81 bits per heavy atom. The van der Waals surface area contributed by atoms with E-state index in [1.165, 1.54) is 16.5 Å². The zero-order valence-corrected chi connectivity index (χ0v) is 13.7. The Labute approximate surface area is 126 Å². The first-order valence-corrected chi connectivity index (χ1v) is 7.90. The highest BCUT2D eigenvalue weighted by molar-refractivity contribution is 5.89. The Morgan fingerprint density at radius 1 is 1.33 bits per heavy atom. The van der Waals surface area contributed by atoms with E-state index in [0.29, 0.717) is 0 Å². The predicted octanol–water partition coefficient (Wildman–Crippen LogP) is 4.52. The van der Waals surface area contributed by atoms with Gasteiger partial charge in [-0.2, -0.15) is 0 Å². The summed E-state index contributed by atoms with van der Waals surface area (Å²) in [6.45, 7) is 11.7. The Bertz CT molecular complexity index is 669. The molecule has 0 saturated carbocycles. The van der Waals surface area contributed by atoms with E-state index in [9.17, 15) is 0 Å². The maximum Gasteiger partial charge on any atom is 0.176 e. The van der Waals surface area contributed by atoms with E-state index < -0.39 is 0 Å². The minimum atomic E-state index is -0.135. The second-order valence-electron chi connectivity index (χ2n) is 6.74. The Balaban J connectivity index is 2.05. The van der Waals surface area contributed by atoms with Crippen LogP contribution in [-0.2, 0) is 6.42 Å². The van der Waals surface area contributed by atoms with E-state index in [1.54, 1.807) is 0 Å². The maximum atomic E-state index is 6.21. The summed E-state index contributed by atoms with van der Waals surface area (Å²) in [7, 11) is 0. The molecule has 0 saturated heterocycles. The van der Waals surface area contributed by atoms with Gasteiger partial charge in [0.2, 0.25) is 0 Å². The molecule has 0 aliphatic carbocycles. The number of aryl methyl sites for hydroxylation is 1. The molecule has 1 aromatic carbocycles. The fourth-order valence-electron chi connectivity index (χ4n) is 3.21. The second kappa shape index (κ2) is 5.06. The fraction of sp³-hybridized carbons (Fsp3) is 0.556. The summed E-state index contributed by atoms with van der Waals surface area (Å²) in [4.78, 5) is 0. The van der Waals surface area contributed by atoms with E-state index in [-0.39, 0.29) is 11.6 Å². The molecule has 3 rings (SSSR count). The lowest BCUT2D eigenvalue weighted by Gasteiger charge is -2.16. The molecular formula is C18H25NO2. The number of hydrogen-bond donors (Lipinski definition) is 1. The van der Waals surface area contributed by atoms with Gasteiger partial charge < -0.3 is 14.5 Å². The molecule has 1 aliphatic heterocycles. The number of furan rings is 1. The Kier molecular flexibility index (Phi) is 3.48. The fourth-order valence-corrected chi connectivity index (χ4v) is 3.21. The Hall–Kier alpha value is -1.48. The number of fused-ring (bicyclic) bond motifs is 3. The van der Waals surface area contributed by atoms with Crippen molar-refractivity contribution in [2.24, 2.45) is 0 Å². The van der Waals surface area contributed by atoms with Crippen LogP contribution in [0.5, 0.6) is 5.75 Å². The first-order valence-electron chi connectivity index (χ1n) is 7.90. The molecule has 2 heterocycles. The highest BCUT2D eigenvalue weighted by Gasteiger charge is 2.33. The van der Waals surface area contributed by atoms with E-state index in [1.807, 2.05) is 0 Å². The normalized spacial score (nSPS) is 17.8.